The lowest BCUT2D eigenvalue weighted by molar-refractivity contribution is -0.143. The van der Waals surface area contributed by atoms with Gasteiger partial charge in [0.15, 0.2) is 0 Å². The van der Waals surface area contributed by atoms with Crippen molar-refractivity contribution in [2.24, 2.45) is 11.8 Å². The third-order valence-corrected chi connectivity index (χ3v) is 4.13. The quantitative estimate of drug-likeness (QED) is 0.904. The Bertz CT molecular complexity index is 450. The lowest BCUT2D eigenvalue weighted by Crippen LogP contribution is -2.29. The number of carbonyl (C=O) groups is 1. The van der Waals surface area contributed by atoms with Gasteiger partial charge < -0.3 is 5.11 Å². The molecule has 1 aliphatic rings. The average molecular weight is 265 g/mol. The topological polar surface area (TPSA) is 50.2 Å². The standard InChI is InChI=1S/C15H20FNO2/c1-2-3-10-4-5-13(15(18)19)14(6-10)11-7-12(16)9-17-8-11/h7-10,13-14H,2-6H2,1H3,(H,18,19). The van der Waals surface area contributed by atoms with E-state index in [1.165, 1.54) is 6.07 Å². The Hall–Kier alpha value is -1.45. The maximum absolute atomic E-state index is 13.3. The molecule has 1 saturated carbocycles. The molecule has 3 atom stereocenters. The molecule has 0 saturated heterocycles. The summed E-state index contributed by atoms with van der Waals surface area (Å²) in [5.74, 6) is -1.12. The first-order valence-electron chi connectivity index (χ1n) is 6.95. The predicted octanol–water partition coefficient (Wildman–Crippen LogP) is 3.61. The maximum Gasteiger partial charge on any atom is 0.307 e. The second-order valence-electron chi connectivity index (χ2n) is 5.46. The Morgan fingerprint density at radius 3 is 2.89 bits per heavy atom. The Labute approximate surface area is 112 Å². The maximum atomic E-state index is 13.3. The molecule has 104 valence electrons. The molecule has 1 N–H and O–H groups in total. The van der Waals surface area contributed by atoms with Crippen molar-refractivity contribution in [3.05, 3.63) is 29.8 Å². The largest absolute Gasteiger partial charge is 0.481 e. The van der Waals surface area contributed by atoms with Gasteiger partial charge in [-0.2, -0.15) is 0 Å². The van der Waals surface area contributed by atoms with E-state index in [0.717, 1.165) is 37.4 Å². The molecule has 4 heteroatoms. The summed E-state index contributed by atoms with van der Waals surface area (Å²) in [4.78, 5) is 15.2. The average Bonchev–Trinajstić information content (AvgIpc) is 2.39. The zero-order valence-electron chi connectivity index (χ0n) is 11.2. The van der Waals surface area contributed by atoms with Gasteiger partial charge in [0.2, 0.25) is 0 Å². The van der Waals surface area contributed by atoms with E-state index in [1.807, 2.05) is 0 Å². The van der Waals surface area contributed by atoms with Crippen molar-refractivity contribution in [2.75, 3.05) is 0 Å². The van der Waals surface area contributed by atoms with Gasteiger partial charge in [-0.1, -0.05) is 19.8 Å². The van der Waals surface area contributed by atoms with Crippen LogP contribution >= 0.6 is 0 Å². The number of halogens is 1. The number of aromatic nitrogens is 1. The van der Waals surface area contributed by atoms with E-state index in [4.69, 9.17) is 0 Å². The zero-order valence-corrected chi connectivity index (χ0v) is 11.2. The highest BCUT2D eigenvalue weighted by Crippen LogP contribution is 2.42. The van der Waals surface area contributed by atoms with Gasteiger partial charge >= 0.3 is 5.97 Å². The molecular formula is C15H20FNO2. The number of pyridine rings is 1. The summed E-state index contributed by atoms with van der Waals surface area (Å²) in [5.41, 5.74) is 0.730. The second kappa shape index (κ2) is 6.13. The van der Waals surface area contributed by atoms with E-state index in [0.29, 0.717) is 12.3 Å². The molecule has 0 amide bonds. The number of aliphatic carboxylic acids is 1. The third-order valence-electron chi connectivity index (χ3n) is 4.13. The highest BCUT2D eigenvalue weighted by atomic mass is 19.1. The number of carboxylic acids is 1. The zero-order chi connectivity index (χ0) is 13.8. The lowest BCUT2D eigenvalue weighted by atomic mass is 9.70. The van der Waals surface area contributed by atoms with Gasteiger partial charge in [0.05, 0.1) is 12.1 Å². The Morgan fingerprint density at radius 2 is 2.26 bits per heavy atom. The van der Waals surface area contributed by atoms with Crippen molar-refractivity contribution in [3.8, 4) is 0 Å². The molecule has 3 nitrogen and oxygen atoms in total. The molecule has 0 aliphatic heterocycles. The van der Waals surface area contributed by atoms with Crippen molar-refractivity contribution in [2.45, 2.75) is 44.9 Å². The monoisotopic (exact) mass is 265 g/mol. The van der Waals surface area contributed by atoms with Crippen LogP contribution in [0.4, 0.5) is 4.39 Å². The lowest BCUT2D eigenvalue weighted by Gasteiger charge is -2.34. The van der Waals surface area contributed by atoms with Crippen LogP contribution in [0, 0.1) is 17.7 Å². The third kappa shape index (κ3) is 3.31. The first-order valence-corrected chi connectivity index (χ1v) is 6.95. The number of carboxylic acid groups (broad SMARTS) is 1. The molecular weight excluding hydrogens is 245 g/mol. The molecule has 19 heavy (non-hydrogen) atoms. The van der Waals surface area contributed by atoms with Crippen LogP contribution < -0.4 is 0 Å². The fourth-order valence-electron chi connectivity index (χ4n) is 3.22. The van der Waals surface area contributed by atoms with Crippen molar-refractivity contribution < 1.29 is 14.3 Å². The molecule has 1 aromatic heterocycles. The fraction of sp³-hybridized carbons (Fsp3) is 0.600. The van der Waals surface area contributed by atoms with Crippen molar-refractivity contribution in [3.63, 3.8) is 0 Å². The molecule has 0 spiro atoms. The van der Waals surface area contributed by atoms with Crippen LogP contribution in [0.1, 0.15) is 50.5 Å². The van der Waals surface area contributed by atoms with E-state index in [-0.39, 0.29) is 11.7 Å². The fourth-order valence-corrected chi connectivity index (χ4v) is 3.22. The smallest absolute Gasteiger partial charge is 0.307 e. The first kappa shape index (κ1) is 14.0. The van der Waals surface area contributed by atoms with E-state index < -0.39 is 11.9 Å². The normalized spacial score (nSPS) is 27.2. The van der Waals surface area contributed by atoms with Gasteiger partial charge in [0.1, 0.15) is 5.82 Å². The summed E-state index contributed by atoms with van der Waals surface area (Å²) in [5, 5.41) is 9.34. The molecule has 1 aromatic rings. The van der Waals surface area contributed by atoms with Gasteiger partial charge in [-0.15, -0.1) is 0 Å². The predicted molar refractivity (Wildman–Crippen MR) is 70.3 cm³/mol. The summed E-state index contributed by atoms with van der Waals surface area (Å²) in [6.45, 7) is 2.14. The number of hydrogen-bond donors (Lipinski definition) is 1. The highest BCUT2D eigenvalue weighted by Gasteiger charge is 2.35. The van der Waals surface area contributed by atoms with Crippen LogP contribution in [0.2, 0.25) is 0 Å². The van der Waals surface area contributed by atoms with Crippen molar-refractivity contribution in [1.29, 1.82) is 0 Å². The Morgan fingerprint density at radius 1 is 1.47 bits per heavy atom. The minimum Gasteiger partial charge on any atom is -0.481 e. The molecule has 1 fully saturated rings. The summed E-state index contributed by atoms with van der Waals surface area (Å²) >= 11 is 0. The number of rotatable bonds is 4. The summed E-state index contributed by atoms with van der Waals surface area (Å²) in [7, 11) is 0. The van der Waals surface area contributed by atoms with Crippen LogP contribution in [0.5, 0.6) is 0 Å². The molecule has 2 rings (SSSR count). The van der Waals surface area contributed by atoms with Gasteiger partial charge in [0, 0.05) is 6.20 Å². The second-order valence-corrected chi connectivity index (χ2v) is 5.46. The van der Waals surface area contributed by atoms with Crippen LogP contribution in [0.15, 0.2) is 18.5 Å². The summed E-state index contributed by atoms with van der Waals surface area (Å²) in [6, 6.07) is 1.43. The molecule has 0 radical (unpaired) electrons. The highest BCUT2D eigenvalue weighted by molar-refractivity contribution is 5.71. The Balaban J connectivity index is 2.22. The van der Waals surface area contributed by atoms with Crippen LogP contribution in [0.3, 0.4) is 0 Å². The molecule has 1 heterocycles. The van der Waals surface area contributed by atoms with Gasteiger partial charge in [-0.3, -0.25) is 9.78 Å². The van der Waals surface area contributed by atoms with Crippen molar-refractivity contribution >= 4 is 5.97 Å². The number of nitrogens with zero attached hydrogens (tertiary/aromatic N) is 1. The first-order chi connectivity index (χ1) is 9.11. The van der Waals surface area contributed by atoms with Crippen LogP contribution in [-0.4, -0.2) is 16.1 Å². The van der Waals surface area contributed by atoms with Gasteiger partial charge in [-0.25, -0.2) is 4.39 Å². The Kier molecular flexibility index (Phi) is 4.51. The van der Waals surface area contributed by atoms with E-state index in [1.54, 1.807) is 6.20 Å². The molecule has 1 aliphatic carbocycles. The van der Waals surface area contributed by atoms with E-state index in [9.17, 15) is 14.3 Å². The molecule has 3 unspecified atom stereocenters. The van der Waals surface area contributed by atoms with Gasteiger partial charge in [-0.05, 0) is 42.7 Å². The summed E-state index contributed by atoms with van der Waals surface area (Å²) < 4.78 is 13.3. The van der Waals surface area contributed by atoms with E-state index >= 15 is 0 Å². The van der Waals surface area contributed by atoms with Crippen LogP contribution in [0.25, 0.3) is 0 Å². The van der Waals surface area contributed by atoms with Crippen LogP contribution in [-0.2, 0) is 4.79 Å². The SMILES string of the molecule is CCCC1CCC(C(=O)O)C(c2cncc(F)c2)C1. The van der Waals surface area contributed by atoms with Crippen molar-refractivity contribution in [1.82, 2.24) is 4.98 Å². The molecule has 0 aromatic carbocycles. The number of hydrogen-bond acceptors (Lipinski definition) is 2. The summed E-state index contributed by atoms with van der Waals surface area (Å²) in [6.07, 6.45) is 7.47. The molecule has 0 bridgehead atoms. The van der Waals surface area contributed by atoms with Gasteiger partial charge in [0.25, 0.3) is 0 Å². The van der Waals surface area contributed by atoms with E-state index in [2.05, 4.69) is 11.9 Å². The minimum atomic E-state index is -0.774. The minimum absolute atomic E-state index is 0.106.